The van der Waals surface area contributed by atoms with Crippen molar-refractivity contribution >= 4 is 11.9 Å². The Kier molecular flexibility index (Phi) is 6.66. The highest BCUT2D eigenvalue weighted by molar-refractivity contribution is 5.79. The second-order valence-corrected chi connectivity index (χ2v) is 6.40. The second kappa shape index (κ2) is 8.73. The molecule has 0 amide bonds. The lowest BCUT2D eigenvalue weighted by molar-refractivity contribution is 0.224. The molecule has 0 aliphatic heterocycles. The van der Waals surface area contributed by atoms with Crippen LogP contribution in [-0.4, -0.2) is 25.8 Å². The van der Waals surface area contributed by atoms with Gasteiger partial charge < -0.3 is 21.8 Å². The van der Waals surface area contributed by atoms with Crippen molar-refractivity contribution in [2.24, 2.45) is 11.7 Å². The van der Waals surface area contributed by atoms with Gasteiger partial charge in [-0.3, -0.25) is 0 Å². The number of hydrogen-bond donors (Lipinski definition) is 4. The van der Waals surface area contributed by atoms with Gasteiger partial charge in [-0.05, 0) is 36.0 Å². The van der Waals surface area contributed by atoms with Crippen LogP contribution in [0.2, 0.25) is 0 Å². The van der Waals surface area contributed by atoms with Gasteiger partial charge in [-0.15, -0.1) is 0 Å². The highest BCUT2D eigenvalue weighted by Gasteiger charge is 2.27. The quantitative estimate of drug-likeness (QED) is 0.527. The fourth-order valence-electron chi connectivity index (χ4n) is 3.44. The van der Waals surface area contributed by atoms with Gasteiger partial charge in [-0.2, -0.15) is 0 Å². The van der Waals surface area contributed by atoms with Crippen molar-refractivity contribution in [1.29, 1.82) is 5.41 Å². The summed E-state index contributed by atoms with van der Waals surface area (Å²) in [5.41, 5.74) is 9.18. The maximum absolute atomic E-state index is 7.79. The van der Waals surface area contributed by atoms with Crippen LogP contribution >= 0.6 is 0 Å². The van der Waals surface area contributed by atoms with Gasteiger partial charge in [0.05, 0.1) is 0 Å². The second-order valence-electron chi connectivity index (χ2n) is 6.40. The van der Waals surface area contributed by atoms with Crippen molar-refractivity contribution in [2.45, 2.75) is 44.6 Å². The summed E-state index contributed by atoms with van der Waals surface area (Å²) >= 11 is 0. The number of para-hydroxylation sites is 1. The van der Waals surface area contributed by atoms with Crippen LogP contribution in [0.1, 0.15) is 44.1 Å². The third kappa shape index (κ3) is 4.35. The molecule has 0 radical (unpaired) electrons. The fourth-order valence-corrected chi connectivity index (χ4v) is 3.44. The molecule has 4 nitrogen and oxygen atoms in total. The van der Waals surface area contributed by atoms with E-state index in [0.717, 1.165) is 22.7 Å². The Morgan fingerprint density at radius 3 is 2.74 bits per heavy atom. The number of benzene rings is 1. The summed E-state index contributed by atoms with van der Waals surface area (Å²) in [5.74, 6) is 0.916. The summed E-state index contributed by atoms with van der Waals surface area (Å²) < 4.78 is 0. The molecule has 1 aromatic carbocycles. The van der Waals surface area contributed by atoms with Crippen molar-refractivity contribution in [2.75, 3.05) is 18.9 Å². The summed E-state index contributed by atoms with van der Waals surface area (Å²) in [6.07, 6.45) is 8.53. The van der Waals surface area contributed by atoms with Crippen LogP contribution in [0.15, 0.2) is 36.0 Å². The van der Waals surface area contributed by atoms with Crippen LogP contribution < -0.4 is 16.4 Å². The lowest BCUT2D eigenvalue weighted by Crippen LogP contribution is -2.38. The van der Waals surface area contributed by atoms with Crippen LogP contribution in [0.25, 0.3) is 0 Å². The highest BCUT2D eigenvalue weighted by atomic mass is 14.9. The third-order valence-corrected chi connectivity index (χ3v) is 4.83. The van der Waals surface area contributed by atoms with Crippen molar-refractivity contribution in [3.05, 3.63) is 41.6 Å². The molecule has 1 atom stereocenters. The molecule has 1 unspecified atom stereocenters. The van der Waals surface area contributed by atoms with E-state index < -0.39 is 0 Å². The largest absolute Gasteiger partial charge is 0.388 e. The highest BCUT2D eigenvalue weighted by Crippen LogP contribution is 2.32. The number of rotatable bonds is 9. The van der Waals surface area contributed by atoms with Gasteiger partial charge in [0.1, 0.15) is 0 Å². The number of hydrogen-bond acceptors (Lipinski definition) is 4. The summed E-state index contributed by atoms with van der Waals surface area (Å²) in [6, 6.07) is 8.72. The van der Waals surface area contributed by atoms with Gasteiger partial charge in [0, 0.05) is 43.7 Å². The maximum Gasteiger partial charge on any atom is 0.0376 e. The molecule has 5 N–H and O–H groups in total. The molecule has 0 aromatic heterocycles. The van der Waals surface area contributed by atoms with Crippen molar-refractivity contribution in [3.63, 3.8) is 0 Å². The molecule has 1 aliphatic rings. The average molecular weight is 314 g/mol. The van der Waals surface area contributed by atoms with E-state index in [4.69, 9.17) is 11.1 Å². The minimum Gasteiger partial charge on any atom is -0.388 e. The zero-order chi connectivity index (χ0) is 16.7. The molecule has 2 rings (SSSR count). The lowest BCUT2D eigenvalue weighted by Gasteiger charge is -2.36. The Bertz CT molecular complexity index is 532. The molecule has 126 valence electrons. The molecular formula is C19H30N4. The summed E-state index contributed by atoms with van der Waals surface area (Å²) in [4.78, 5) is 0. The molecule has 1 aliphatic carbocycles. The first-order valence-corrected chi connectivity index (χ1v) is 8.66. The number of nitrogens with one attached hydrogen (secondary N) is 3. The van der Waals surface area contributed by atoms with Crippen LogP contribution in [0, 0.1) is 11.3 Å². The predicted molar refractivity (Wildman–Crippen MR) is 99.2 cm³/mol. The fraction of sp³-hybridized carbons (Fsp3) is 0.526. The first-order chi connectivity index (χ1) is 11.2. The van der Waals surface area contributed by atoms with E-state index in [1.54, 1.807) is 0 Å². The van der Waals surface area contributed by atoms with Crippen molar-refractivity contribution in [3.8, 4) is 0 Å². The van der Waals surface area contributed by atoms with Crippen molar-refractivity contribution in [1.82, 2.24) is 5.32 Å². The summed E-state index contributed by atoms with van der Waals surface area (Å²) in [7, 11) is 1.92. The SMILES string of the molecule is CCCC1CC(N/C=C(\C=N)C(CN)c2ccccc2NC)C1. The molecule has 4 heteroatoms. The normalized spacial score (nSPS) is 22.1. The Morgan fingerprint density at radius 2 is 2.13 bits per heavy atom. The first kappa shape index (κ1) is 17.5. The Labute approximate surface area is 140 Å². The maximum atomic E-state index is 7.79. The molecule has 0 spiro atoms. The molecule has 0 saturated heterocycles. The van der Waals surface area contributed by atoms with E-state index in [1.165, 1.54) is 31.9 Å². The molecule has 23 heavy (non-hydrogen) atoms. The molecule has 1 fully saturated rings. The zero-order valence-corrected chi connectivity index (χ0v) is 14.3. The van der Waals surface area contributed by atoms with Crippen molar-refractivity contribution < 1.29 is 0 Å². The third-order valence-electron chi connectivity index (χ3n) is 4.83. The van der Waals surface area contributed by atoms with E-state index in [1.807, 2.05) is 31.4 Å². The molecular weight excluding hydrogens is 284 g/mol. The zero-order valence-electron chi connectivity index (χ0n) is 14.3. The topological polar surface area (TPSA) is 73.9 Å². The van der Waals surface area contributed by atoms with Crippen LogP contribution in [0.3, 0.4) is 0 Å². The van der Waals surface area contributed by atoms with Gasteiger partial charge in [0.15, 0.2) is 0 Å². The van der Waals surface area contributed by atoms with Crippen LogP contribution in [0.4, 0.5) is 5.69 Å². The summed E-state index contributed by atoms with van der Waals surface area (Å²) in [5, 5.41) is 14.5. The minimum atomic E-state index is 0.0372. The Hall–Kier alpha value is -1.81. The standard InChI is InChI=1S/C19H30N4/c1-3-6-14-9-16(10-14)23-13-15(11-20)18(12-21)17-7-4-5-8-19(17)22-2/h4-5,7-8,11,13-14,16,18,20,22-23H,3,6,9-10,12,21H2,1-2H3/b15-13+,20-11?. The van der Waals surface area contributed by atoms with E-state index >= 15 is 0 Å². The molecule has 1 aromatic rings. The van der Waals surface area contributed by atoms with Gasteiger partial charge in [0.2, 0.25) is 0 Å². The minimum absolute atomic E-state index is 0.0372. The molecule has 0 bridgehead atoms. The van der Waals surface area contributed by atoms with Gasteiger partial charge in [-0.25, -0.2) is 0 Å². The first-order valence-electron chi connectivity index (χ1n) is 8.66. The van der Waals surface area contributed by atoms with Gasteiger partial charge in [-0.1, -0.05) is 38.0 Å². The number of anilines is 1. The van der Waals surface area contributed by atoms with E-state index in [-0.39, 0.29) is 5.92 Å². The predicted octanol–water partition coefficient (Wildman–Crippen LogP) is 3.47. The molecule has 0 heterocycles. The monoisotopic (exact) mass is 314 g/mol. The van der Waals surface area contributed by atoms with Crippen LogP contribution in [-0.2, 0) is 0 Å². The average Bonchev–Trinajstić information content (AvgIpc) is 2.55. The number of nitrogens with two attached hydrogens (primary N) is 1. The van der Waals surface area contributed by atoms with E-state index in [9.17, 15) is 0 Å². The van der Waals surface area contributed by atoms with Gasteiger partial charge in [0.25, 0.3) is 0 Å². The smallest absolute Gasteiger partial charge is 0.0376 e. The van der Waals surface area contributed by atoms with E-state index in [2.05, 4.69) is 23.6 Å². The summed E-state index contributed by atoms with van der Waals surface area (Å²) in [6.45, 7) is 2.74. The lowest BCUT2D eigenvalue weighted by atomic mass is 9.77. The Balaban J connectivity index is 2.05. The van der Waals surface area contributed by atoms with E-state index in [0.29, 0.717) is 12.6 Å². The molecule has 1 saturated carbocycles. The van der Waals surface area contributed by atoms with Crippen LogP contribution in [0.5, 0.6) is 0 Å². The Morgan fingerprint density at radius 1 is 1.39 bits per heavy atom. The van der Waals surface area contributed by atoms with Gasteiger partial charge >= 0.3 is 0 Å².